The largest absolute Gasteiger partial charge is 0.381 e. The van der Waals surface area contributed by atoms with Crippen molar-refractivity contribution in [2.24, 2.45) is 0 Å². The van der Waals surface area contributed by atoms with Gasteiger partial charge in [0, 0.05) is 31.4 Å². The van der Waals surface area contributed by atoms with E-state index in [2.05, 4.69) is 22.7 Å². The number of benzene rings is 1. The van der Waals surface area contributed by atoms with Gasteiger partial charge in [0.25, 0.3) is 0 Å². The molecule has 2 aromatic rings. The van der Waals surface area contributed by atoms with Gasteiger partial charge < -0.3 is 14.6 Å². The minimum atomic E-state index is -0.300. The lowest BCUT2D eigenvalue weighted by atomic mass is 10.2. The summed E-state index contributed by atoms with van der Waals surface area (Å²) in [6.07, 6.45) is 2.98. The highest BCUT2D eigenvalue weighted by Crippen LogP contribution is 2.21. The van der Waals surface area contributed by atoms with Crippen LogP contribution in [0.3, 0.4) is 0 Å². The fourth-order valence-corrected chi connectivity index (χ4v) is 1.96. The highest BCUT2D eigenvalue weighted by atomic mass is 16.5. The Hall–Kier alpha value is -2.34. The Morgan fingerprint density at radius 2 is 2.00 bits per heavy atom. The Bertz CT molecular complexity index is 584. The molecule has 0 radical (unpaired) electrons. The Labute approximate surface area is 136 Å². The Morgan fingerprint density at radius 3 is 2.78 bits per heavy atom. The maximum Gasteiger partial charge on any atom is 0.320 e. The van der Waals surface area contributed by atoms with Crippen molar-refractivity contribution >= 4 is 11.8 Å². The molecule has 1 heterocycles. The van der Waals surface area contributed by atoms with Crippen LogP contribution in [-0.2, 0) is 4.74 Å². The first-order chi connectivity index (χ1) is 11.3. The molecule has 6 nitrogen and oxygen atoms in total. The average molecular weight is 317 g/mol. The Balaban J connectivity index is 1.67. The van der Waals surface area contributed by atoms with Crippen LogP contribution in [0.25, 0.3) is 11.3 Å². The number of nitrogens with zero attached hydrogens (tertiary/aromatic N) is 1. The number of amides is 2. The molecule has 0 atom stereocenters. The van der Waals surface area contributed by atoms with Gasteiger partial charge in [-0.1, -0.05) is 48.8 Å². The highest BCUT2D eigenvalue weighted by Gasteiger charge is 2.08. The summed E-state index contributed by atoms with van der Waals surface area (Å²) in [5.41, 5.74) is 0.915. The van der Waals surface area contributed by atoms with Gasteiger partial charge in [0.1, 0.15) is 0 Å². The molecule has 1 aromatic heterocycles. The zero-order chi connectivity index (χ0) is 16.3. The van der Waals surface area contributed by atoms with Crippen molar-refractivity contribution in [3.63, 3.8) is 0 Å². The molecule has 0 aliphatic carbocycles. The molecule has 0 saturated carbocycles. The van der Waals surface area contributed by atoms with E-state index in [1.54, 1.807) is 6.07 Å². The molecule has 0 bridgehead atoms. The second-order valence-corrected chi connectivity index (χ2v) is 5.14. The van der Waals surface area contributed by atoms with Crippen molar-refractivity contribution in [1.82, 2.24) is 10.5 Å². The van der Waals surface area contributed by atoms with E-state index in [0.717, 1.165) is 31.4 Å². The average Bonchev–Trinajstić information content (AvgIpc) is 3.03. The van der Waals surface area contributed by atoms with E-state index in [0.29, 0.717) is 24.7 Å². The lowest BCUT2D eigenvalue weighted by Gasteiger charge is -2.05. The lowest BCUT2D eigenvalue weighted by Crippen LogP contribution is -2.30. The summed E-state index contributed by atoms with van der Waals surface area (Å²) < 4.78 is 10.6. The van der Waals surface area contributed by atoms with E-state index >= 15 is 0 Å². The minimum absolute atomic E-state index is 0.300. The van der Waals surface area contributed by atoms with Crippen LogP contribution in [0.4, 0.5) is 10.6 Å². The number of hydrogen-bond acceptors (Lipinski definition) is 4. The first-order valence-corrected chi connectivity index (χ1v) is 7.94. The standard InChI is InChI=1S/C17H23N3O3/c1-2-3-11-22-12-7-10-18-17(21)19-16-13-15(23-20-16)14-8-5-4-6-9-14/h4-6,8-9,13H,2-3,7,10-12H2,1H3,(H2,18,19,20,21). The number of unbranched alkanes of at least 4 members (excludes halogenated alkanes) is 1. The van der Waals surface area contributed by atoms with Crippen molar-refractivity contribution in [2.75, 3.05) is 25.1 Å². The molecule has 1 aromatic carbocycles. The van der Waals surface area contributed by atoms with E-state index in [1.807, 2.05) is 30.3 Å². The van der Waals surface area contributed by atoms with Gasteiger partial charge in [-0.15, -0.1) is 0 Å². The van der Waals surface area contributed by atoms with Crippen LogP contribution in [0, 0.1) is 0 Å². The highest BCUT2D eigenvalue weighted by molar-refractivity contribution is 5.88. The molecule has 0 spiro atoms. The number of urea groups is 1. The molecule has 6 heteroatoms. The van der Waals surface area contributed by atoms with Crippen LogP contribution in [0.1, 0.15) is 26.2 Å². The SMILES string of the molecule is CCCCOCCCNC(=O)Nc1cc(-c2ccccc2)on1. The third kappa shape index (κ3) is 6.12. The van der Waals surface area contributed by atoms with Crippen LogP contribution in [-0.4, -0.2) is 30.9 Å². The molecule has 0 aliphatic heterocycles. The van der Waals surface area contributed by atoms with Gasteiger partial charge in [-0.3, -0.25) is 5.32 Å². The topological polar surface area (TPSA) is 76.4 Å². The van der Waals surface area contributed by atoms with Crippen LogP contribution in [0.15, 0.2) is 40.9 Å². The number of aromatic nitrogens is 1. The molecule has 0 aliphatic rings. The molecule has 23 heavy (non-hydrogen) atoms. The zero-order valence-electron chi connectivity index (χ0n) is 13.4. The van der Waals surface area contributed by atoms with Crippen LogP contribution >= 0.6 is 0 Å². The van der Waals surface area contributed by atoms with Crippen LogP contribution in [0.5, 0.6) is 0 Å². The molecule has 124 valence electrons. The van der Waals surface area contributed by atoms with Gasteiger partial charge in [0.2, 0.25) is 0 Å². The quantitative estimate of drug-likeness (QED) is 0.692. The Kier molecular flexibility index (Phi) is 7.13. The van der Waals surface area contributed by atoms with Crippen LogP contribution in [0.2, 0.25) is 0 Å². The molecule has 2 amide bonds. The van der Waals surface area contributed by atoms with Crippen molar-refractivity contribution in [3.05, 3.63) is 36.4 Å². The van der Waals surface area contributed by atoms with Crippen LogP contribution < -0.4 is 10.6 Å². The molecular weight excluding hydrogens is 294 g/mol. The minimum Gasteiger partial charge on any atom is -0.381 e. The number of nitrogens with one attached hydrogen (secondary N) is 2. The summed E-state index contributed by atoms with van der Waals surface area (Å²) in [5, 5.41) is 9.25. The van der Waals surface area contributed by atoms with Gasteiger partial charge in [-0.25, -0.2) is 4.79 Å². The lowest BCUT2D eigenvalue weighted by molar-refractivity contribution is 0.129. The van der Waals surface area contributed by atoms with Gasteiger partial charge in [-0.2, -0.15) is 0 Å². The number of anilines is 1. The number of ether oxygens (including phenoxy) is 1. The molecule has 2 N–H and O–H groups in total. The summed E-state index contributed by atoms with van der Waals surface area (Å²) in [6.45, 7) is 4.12. The van der Waals surface area contributed by atoms with Gasteiger partial charge in [0.05, 0.1) is 0 Å². The second kappa shape index (κ2) is 9.63. The first-order valence-electron chi connectivity index (χ1n) is 7.94. The number of carbonyl (C=O) groups excluding carboxylic acids is 1. The number of carbonyl (C=O) groups is 1. The first kappa shape index (κ1) is 17.0. The van der Waals surface area contributed by atoms with Crippen molar-refractivity contribution in [1.29, 1.82) is 0 Å². The molecular formula is C17H23N3O3. The van der Waals surface area contributed by atoms with E-state index < -0.39 is 0 Å². The maximum absolute atomic E-state index is 11.7. The monoisotopic (exact) mass is 317 g/mol. The fraction of sp³-hybridized carbons (Fsp3) is 0.412. The van der Waals surface area contributed by atoms with E-state index in [4.69, 9.17) is 9.26 Å². The number of rotatable bonds is 9. The molecule has 0 saturated heterocycles. The molecule has 2 rings (SSSR count). The third-order valence-electron chi connectivity index (χ3n) is 3.20. The molecule has 0 fully saturated rings. The maximum atomic E-state index is 11.7. The summed E-state index contributed by atoms with van der Waals surface area (Å²) in [6, 6.07) is 11.0. The van der Waals surface area contributed by atoms with Gasteiger partial charge in [-0.05, 0) is 12.8 Å². The summed E-state index contributed by atoms with van der Waals surface area (Å²) in [5.74, 6) is 1.01. The Morgan fingerprint density at radius 1 is 1.22 bits per heavy atom. The van der Waals surface area contributed by atoms with Gasteiger partial charge in [0.15, 0.2) is 11.6 Å². The smallest absolute Gasteiger partial charge is 0.320 e. The summed E-state index contributed by atoms with van der Waals surface area (Å²) in [4.78, 5) is 11.7. The second-order valence-electron chi connectivity index (χ2n) is 5.14. The normalized spacial score (nSPS) is 10.5. The van der Waals surface area contributed by atoms with E-state index in [1.165, 1.54) is 0 Å². The van der Waals surface area contributed by atoms with Crippen molar-refractivity contribution < 1.29 is 14.1 Å². The molecule has 0 unspecified atom stereocenters. The fourth-order valence-electron chi connectivity index (χ4n) is 1.96. The predicted octanol–water partition coefficient (Wildman–Crippen LogP) is 3.67. The van der Waals surface area contributed by atoms with E-state index in [-0.39, 0.29) is 6.03 Å². The zero-order valence-corrected chi connectivity index (χ0v) is 13.4. The summed E-state index contributed by atoms with van der Waals surface area (Å²) >= 11 is 0. The number of hydrogen-bond donors (Lipinski definition) is 2. The third-order valence-corrected chi connectivity index (χ3v) is 3.20. The predicted molar refractivity (Wildman–Crippen MR) is 89.3 cm³/mol. The van der Waals surface area contributed by atoms with Crippen molar-refractivity contribution in [3.8, 4) is 11.3 Å². The summed E-state index contributed by atoms with van der Waals surface area (Å²) in [7, 11) is 0. The van der Waals surface area contributed by atoms with E-state index in [9.17, 15) is 4.79 Å². The van der Waals surface area contributed by atoms with Crippen molar-refractivity contribution in [2.45, 2.75) is 26.2 Å². The van der Waals surface area contributed by atoms with Gasteiger partial charge >= 0.3 is 6.03 Å².